The van der Waals surface area contributed by atoms with Gasteiger partial charge < -0.3 is 14.6 Å². The summed E-state index contributed by atoms with van der Waals surface area (Å²) in [5, 5.41) is 2.13. The lowest BCUT2D eigenvalue weighted by atomic mass is 10.3. The van der Waals surface area contributed by atoms with E-state index in [4.69, 9.17) is 4.42 Å². The molecule has 1 aliphatic heterocycles. The van der Waals surface area contributed by atoms with Gasteiger partial charge in [-0.3, -0.25) is 4.79 Å². The number of nitrogens with zero attached hydrogens (tertiary/aromatic N) is 2. The number of anilines is 1. The van der Waals surface area contributed by atoms with Gasteiger partial charge in [-0.15, -0.1) is 4.40 Å². The Morgan fingerprint density at radius 2 is 1.79 bits per heavy atom. The molecule has 0 unspecified atom stereocenters. The Balaban J connectivity index is 1.73. The van der Waals surface area contributed by atoms with Crippen LogP contribution in [0.1, 0.15) is 23.4 Å². The van der Waals surface area contributed by atoms with Crippen molar-refractivity contribution in [2.45, 2.75) is 22.8 Å². The number of hydrogen-bond acceptors (Lipinski definition) is 6. The third-order valence-corrected chi connectivity index (χ3v) is 6.91. The fraction of sp³-hybridized carbons (Fsp3) is 0.294. The first-order valence-electron chi connectivity index (χ1n) is 8.62. The summed E-state index contributed by atoms with van der Waals surface area (Å²) < 4.78 is 59.2. The molecular weight excluding hydrogens is 420 g/mol. The Morgan fingerprint density at radius 1 is 1.10 bits per heavy atom. The fourth-order valence-electron chi connectivity index (χ4n) is 2.69. The van der Waals surface area contributed by atoms with Crippen LogP contribution in [0.2, 0.25) is 0 Å². The molecule has 2 N–H and O–H groups in total. The Morgan fingerprint density at radius 3 is 2.38 bits per heavy atom. The van der Waals surface area contributed by atoms with Crippen LogP contribution < -0.4 is 10.0 Å². The van der Waals surface area contributed by atoms with Gasteiger partial charge in [0.1, 0.15) is 5.84 Å². The highest BCUT2D eigenvalue weighted by Crippen LogP contribution is 2.20. The minimum absolute atomic E-state index is 0.00342. The van der Waals surface area contributed by atoms with Gasteiger partial charge in [-0.25, -0.2) is 13.1 Å². The topological polar surface area (TPSA) is 138 Å². The highest BCUT2D eigenvalue weighted by molar-refractivity contribution is 7.90. The maximum Gasteiger partial charge on any atom is 0.291 e. The van der Waals surface area contributed by atoms with Crippen LogP contribution in [0.15, 0.2) is 55.2 Å². The van der Waals surface area contributed by atoms with Crippen LogP contribution in [-0.4, -0.2) is 54.1 Å². The van der Waals surface area contributed by atoms with Crippen LogP contribution in [0, 0.1) is 0 Å². The minimum atomic E-state index is -3.85. The van der Waals surface area contributed by atoms with Gasteiger partial charge in [-0.2, -0.15) is 8.42 Å². The molecule has 0 radical (unpaired) electrons. The first kappa shape index (κ1) is 21.0. The second-order valence-corrected chi connectivity index (χ2v) is 9.73. The van der Waals surface area contributed by atoms with E-state index >= 15 is 0 Å². The second kappa shape index (κ2) is 7.97. The van der Waals surface area contributed by atoms with Crippen LogP contribution >= 0.6 is 0 Å². The van der Waals surface area contributed by atoms with Gasteiger partial charge in [0.05, 0.1) is 4.90 Å². The molecule has 0 aliphatic carbocycles. The molecular formula is C17H20N4O6S2. The van der Waals surface area contributed by atoms with Gasteiger partial charge in [0.25, 0.3) is 26.0 Å². The summed E-state index contributed by atoms with van der Waals surface area (Å²) in [6.45, 7) is 0.767. The third-order valence-electron chi connectivity index (χ3n) is 4.31. The normalized spacial score (nSPS) is 16.3. The van der Waals surface area contributed by atoms with E-state index in [9.17, 15) is 21.6 Å². The first-order chi connectivity index (χ1) is 13.6. The van der Waals surface area contributed by atoms with Crippen LogP contribution in [0.3, 0.4) is 0 Å². The Labute approximate surface area is 168 Å². The van der Waals surface area contributed by atoms with Gasteiger partial charge in [-0.05, 0) is 49.9 Å². The standard InChI is InChI=1S/C17H20N4O6S2/c1-18-29(25,26)16-10-9-14(27-16)17(22)19-12-5-7-13(8-6-12)28(23,24)20-15-4-3-11-21(15)2/h5-10,18H,3-4,11H2,1-2H3,(H,19,22). The number of furan rings is 1. The largest absolute Gasteiger partial charge is 0.438 e. The molecule has 2 heterocycles. The molecule has 1 aromatic heterocycles. The van der Waals surface area contributed by atoms with Crippen molar-refractivity contribution in [3.05, 3.63) is 42.2 Å². The molecule has 12 heteroatoms. The lowest BCUT2D eigenvalue weighted by molar-refractivity contribution is 0.0991. The molecule has 0 saturated carbocycles. The molecule has 0 bridgehead atoms. The van der Waals surface area contributed by atoms with E-state index in [1.54, 1.807) is 11.9 Å². The molecule has 0 atom stereocenters. The molecule has 10 nitrogen and oxygen atoms in total. The van der Waals surface area contributed by atoms with Gasteiger partial charge in [-0.1, -0.05) is 0 Å². The van der Waals surface area contributed by atoms with Crippen molar-refractivity contribution in [2.24, 2.45) is 4.40 Å². The van der Waals surface area contributed by atoms with E-state index in [2.05, 4.69) is 14.4 Å². The van der Waals surface area contributed by atoms with Crippen LogP contribution in [0.4, 0.5) is 5.69 Å². The number of nitrogens with one attached hydrogen (secondary N) is 2. The van der Waals surface area contributed by atoms with Crippen LogP contribution in [0.5, 0.6) is 0 Å². The van der Waals surface area contributed by atoms with Gasteiger partial charge in [0.15, 0.2) is 5.76 Å². The number of amides is 1. The van der Waals surface area contributed by atoms with Crippen molar-refractivity contribution < 1.29 is 26.0 Å². The number of likely N-dealkylation sites (tertiary alicyclic amines) is 1. The summed E-state index contributed by atoms with van der Waals surface area (Å²) in [7, 11) is -4.63. The van der Waals surface area contributed by atoms with E-state index in [0.717, 1.165) is 19.0 Å². The molecule has 1 fully saturated rings. The maximum atomic E-state index is 12.4. The van der Waals surface area contributed by atoms with Crippen molar-refractivity contribution in [2.75, 3.05) is 26.0 Å². The molecule has 1 aliphatic rings. The molecule has 0 spiro atoms. The number of carbonyl (C=O) groups excluding carboxylic acids is 1. The summed E-state index contributed by atoms with van der Waals surface area (Å²) in [6.07, 6.45) is 1.47. The zero-order chi connectivity index (χ0) is 21.2. The zero-order valence-electron chi connectivity index (χ0n) is 15.7. The van der Waals surface area contributed by atoms with Crippen molar-refractivity contribution in [3.8, 4) is 0 Å². The van der Waals surface area contributed by atoms with Crippen molar-refractivity contribution >= 4 is 37.5 Å². The van der Waals surface area contributed by atoms with E-state index in [0.29, 0.717) is 17.9 Å². The highest BCUT2D eigenvalue weighted by Gasteiger charge is 2.21. The number of rotatable bonds is 6. The van der Waals surface area contributed by atoms with Crippen molar-refractivity contribution in [1.82, 2.24) is 9.62 Å². The number of benzene rings is 1. The molecule has 29 heavy (non-hydrogen) atoms. The fourth-order valence-corrected chi connectivity index (χ4v) is 4.43. The van der Waals surface area contributed by atoms with Gasteiger partial charge >= 0.3 is 0 Å². The van der Waals surface area contributed by atoms with Crippen LogP contribution in [-0.2, 0) is 20.0 Å². The number of carbonyl (C=O) groups is 1. The lowest BCUT2D eigenvalue weighted by Gasteiger charge is -2.11. The third kappa shape index (κ3) is 4.66. The lowest BCUT2D eigenvalue weighted by Crippen LogP contribution is -2.20. The molecule has 2 aromatic rings. The smallest absolute Gasteiger partial charge is 0.291 e. The maximum absolute atomic E-state index is 12.4. The average Bonchev–Trinajstić information content (AvgIpc) is 3.32. The molecule has 3 rings (SSSR count). The van der Waals surface area contributed by atoms with E-state index in [-0.39, 0.29) is 15.7 Å². The highest BCUT2D eigenvalue weighted by atomic mass is 32.2. The predicted octanol–water partition coefficient (Wildman–Crippen LogP) is 1.25. The van der Waals surface area contributed by atoms with Crippen LogP contribution in [0.25, 0.3) is 0 Å². The first-order valence-corrected chi connectivity index (χ1v) is 11.5. The summed E-state index contributed by atoms with van der Waals surface area (Å²) in [5.41, 5.74) is 0.314. The van der Waals surface area contributed by atoms with Gasteiger partial charge in [0.2, 0.25) is 5.09 Å². The quantitative estimate of drug-likeness (QED) is 0.689. The summed E-state index contributed by atoms with van der Waals surface area (Å²) in [4.78, 5) is 14.0. The van der Waals surface area contributed by atoms with Crippen molar-refractivity contribution in [1.29, 1.82) is 0 Å². The Kier molecular flexibility index (Phi) is 5.78. The number of hydrogen-bond donors (Lipinski definition) is 2. The number of sulfonamides is 2. The summed E-state index contributed by atoms with van der Waals surface area (Å²) in [5.74, 6) is -0.357. The molecule has 1 saturated heterocycles. The monoisotopic (exact) mass is 440 g/mol. The Hall–Kier alpha value is -2.70. The Bertz CT molecular complexity index is 1150. The molecule has 156 valence electrons. The van der Waals surface area contributed by atoms with E-state index < -0.39 is 26.0 Å². The summed E-state index contributed by atoms with van der Waals surface area (Å²) >= 11 is 0. The predicted molar refractivity (Wildman–Crippen MR) is 106 cm³/mol. The molecule has 1 aromatic carbocycles. The zero-order valence-corrected chi connectivity index (χ0v) is 17.4. The SMILES string of the molecule is CNS(=O)(=O)c1ccc(C(=O)Nc2ccc(S(=O)(=O)N=C3CCCN3C)cc2)o1. The number of amidine groups is 1. The van der Waals surface area contributed by atoms with Crippen molar-refractivity contribution in [3.63, 3.8) is 0 Å². The average molecular weight is 441 g/mol. The van der Waals surface area contributed by atoms with Gasteiger partial charge in [0, 0.05) is 25.7 Å². The molecule has 1 amide bonds. The van der Waals surface area contributed by atoms with E-state index in [1.807, 2.05) is 0 Å². The summed E-state index contributed by atoms with van der Waals surface area (Å²) in [6, 6.07) is 7.89. The second-order valence-electron chi connectivity index (χ2n) is 6.31. The minimum Gasteiger partial charge on any atom is -0.438 e. The van der Waals surface area contributed by atoms with E-state index in [1.165, 1.54) is 37.4 Å².